The fourth-order valence-electron chi connectivity index (χ4n) is 3.43. The number of thioether (sulfide) groups is 1. The largest absolute Gasteiger partial charge is 0.398 e. The van der Waals surface area contributed by atoms with Gasteiger partial charge < -0.3 is 10.5 Å². The van der Waals surface area contributed by atoms with E-state index >= 15 is 0 Å². The summed E-state index contributed by atoms with van der Waals surface area (Å²) in [5.74, 6) is 0.954. The van der Waals surface area contributed by atoms with E-state index in [4.69, 9.17) is 22.1 Å². The number of ether oxygens (including phenoxy) is 1. The van der Waals surface area contributed by atoms with Crippen LogP contribution in [0.15, 0.2) is 23.1 Å². The zero-order valence-corrected chi connectivity index (χ0v) is 13.3. The summed E-state index contributed by atoms with van der Waals surface area (Å²) in [6.07, 6.45) is 9.31. The molecule has 1 aliphatic carbocycles. The molecule has 0 radical (unpaired) electrons. The van der Waals surface area contributed by atoms with Crippen LogP contribution in [0.4, 0.5) is 5.69 Å². The van der Waals surface area contributed by atoms with Crippen LogP contribution in [0.5, 0.6) is 0 Å². The molecule has 1 aromatic carbocycles. The van der Waals surface area contributed by atoms with Crippen molar-refractivity contribution >= 4 is 29.1 Å². The average molecular weight is 312 g/mol. The molecule has 110 valence electrons. The molecule has 0 amide bonds. The first-order valence-corrected chi connectivity index (χ1v) is 8.90. The van der Waals surface area contributed by atoms with Crippen molar-refractivity contribution in [2.75, 3.05) is 11.5 Å². The lowest BCUT2D eigenvalue weighted by molar-refractivity contribution is -0.0555. The number of hydrogen-bond acceptors (Lipinski definition) is 3. The summed E-state index contributed by atoms with van der Waals surface area (Å²) in [4.78, 5) is 1.00. The molecule has 0 aromatic heterocycles. The molecule has 1 saturated heterocycles. The van der Waals surface area contributed by atoms with Crippen LogP contribution >= 0.6 is 23.4 Å². The molecule has 1 saturated carbocycles. The Labute approximate surface area is 130 Å². The summed E-state index contributed by atoms with van der Waals surface area (Å²) in [6, 6.07) is 5.70. The van der Waals surface area contributed by atoms with Gasteiger partial charge in [-0.25, -0.2) is 0 Å². The number of rotatable bonds is 3. The lowest BCUT2D eigenvalue weighted by atomic mass is 9.83. The van der Waals surface area contributed by atoms with Gasteiger partial charge in [0, 0.05) is 16.3 Å². The number of halogens is 1. The van der Waals surface area contributed by atoms with E-state index in [0.29, 0.717) is 6.10 Å². The van der Waals surface area contributed by atoms with Crippen molar-refractivity contribution in [1.82, 2.24) is 0 Å². The highest BCUT2D eigenvalue weighted by atomic mass is 35.5. The molecule has 1 spiro atoms. The van der Waals surface area contributed by atoms with Crippen molar-refractivity contribution in [3.05, 3.63) is 23.2 Å². The molecule has 0 bridgehead atoms. The van der Waals surface area contributed by atoms with Crippen molar-refractivity contribution in [3.63, 3.8) is 0 Å². The van der Waals surface area contributed by atoms with E-state index in [-0.39, 0.29) is 5.60 Å². The van der Waals surface area contributed by atoms with Crippen molar-refractivity contribution in [1.29, 1.82) is 0 Å². The van der Waals surface area contributed by atoms with E-state index in [1.54, 1.807) is 11.8 Å². The van der Waals surface area contributed by atoms with Crippen LogP contribution in [0.1, 0.15) is 44.9 Å². The predicted molar refractivity (Wildman–Crippen MR) is 86.5 cm³/mol. The van der Waals surface area contributed by atoms with Crippen LogP contribution < -0.4 is 5.73 Å². The monoisotopic (exact) mass is 311 g/mol. The first-order valence-electron chi connectivity index (χ1n) is 7.53. The third-order valence-electron chi connectivity index (χ3n) is 4.51. The van der Waals surface area contributed by atoms with Crippen LogP contribution in [-0.2, 0) is 4.74 Å². The summed E-state index contributed by atoms with van der Waals surface area (Å²) in [5, 5.41) is 0.750. The second-order valence-corrected chi connectivity index (χ2v) is 7.43. The van der Waals surface area contributed by atoms with E-state index in [1.807, 2.05) is 18.2 Å². The van der Waals surface area contributed by atoms with E-state index in [9.17, 15) is 0 Å². The fraction of sp³-hybridized carbons (Fsp3) is 0.625. The van der Waals surface area contributed by atoms with Crippen molar-refractivity contribution < 1.29 is 4.74 Å². The number of anilines is 1. The van der Waals surface area contributed by atoms with Gasteiger partial charge in [0.25, 0.3) is 0 Å². The molecule has 1 unspecified atom stereocenters. The highest BCUT2D eigenvalue weighted by Crippen LogP contribution is 2.43. The minimum atomic E-state index is 0.204. The van der Waals surface area contributed by atoms with Crippen molar-refractivity contribution in [3.8, 4) is 0 Å². The van der Waals surface area contributed by atoms with Gasteiger partial charge in [0.1, 0.15) is 0 Å². The first-order chi connectivity index (χ1) is 9.69. The Balaban J connectivity index is 1.57. The van der Waals surface area contributed by atoms with Gasteiger partial charge in [-0.15, -0.1) is 11.8 Å². The van der Waals surface area contributed by atoms with Gasteiger partial charge in [-0.3, -0.25) is 0 Å². The van der Waals surface area contributed by atoms with Crippen LogP contribution in [0.3, 0.4) is 0 Å². The van der Waals surface area contributed by atoms with Gasteiger partial charge >= 0.3 is 0 Å². The maximum absolute atomic E-state index is 6.39. The zero-order chi connectivity index (χ0) is 14.0. The summed E-state index contributed by atoms with van der Waals surface area (Å²) >= 11 is 7.95. The zero-order valence-electron chi connectivity index (χ0n) is 11.7. The third-order valence-corrected chi connectivity index (χ3v) is 6.22. The van der Waals surface area contributed by atoms with E-state index in [2.05, 4.69) is 0 Å². The van der Waals surface area contributed by atoms with E-state index in [0.717, 1.165) is 21.4 Å². The Morgan fingerprint density at radius 1 is 1.25 bits per heavy atom. The second-order valence-electron chi connectivity index (χ2n) is 5.99. The van der Waals surface area contributed by atoms with Crippen molar-refractivity contribution in [2.24, 2.45) is 0 Å². The Morgan fingerprint density at radius 3 is 2.80 bits per heavy atom. The molecule has 2 fully saturated rings. The quantitative estimate of drug-likeness (QED) is 0.637. The maximum Gasteiger partial charge on any atom is 0.0687 e. The minimum absolute atomic E-state index is 0.204. The Morgan fingerprint density at radius 2 is 2.05 bits per heavy atom. The summed E-state index contributed by atoms with van der Waals surface area (Å²) in [6.45, 7) is 0. The minimum Gasteiger partial charge on any atom is -0.398 e. The standard InChI is InChI=1S/C16H22ClNOS/c17-13-5-4-6-14(18)15(13)20-11-12-7-10-16(19-12)8-2-1-3-9-16/h4-6,12H,1-3,7-11,18H2. The lowest BCUT2D eigenvalue weighted by Gasteiger charge is -2.33. The van der Waals surface area contributed by atoms with Crippen LogP contribution in [0, 0.1) is 0 Å². The summed E-state index contributed by atoms with van der Waals surface area (Å²) < 4.78 is 6.39. The molecule has 1 aromatic rings. The van der Waals surface area contributed by atoms with Gasteiger partial charge in [-0.05, 0) is 37.8 Å². The van der Waals surface area contributed by atoms with Crippen LogP contribution in [0.25, 0.3) is 0 Å². The van der Waals surface area contributed by atoms with Crippen molar-refractivity contribution in [2.45, 2.75) is 61.5 Å². The molecule has 2 N–H and O–H groups in total. The topological polar surface area (TPSA) is 35.2 Å². The SMILES string of the molecule is Nc1cccc(Cl)c1SCC1CCC2(CCCCC2)O1. The van der Waals surface area contributed by atoms with Gasteiger partial charge in [0.05, 0.1) is 16.7 Å². The normalized spacial score (nSPS) is 25.1. The number of hydrogen-bond donors (Lipinski definition) is 1. The molecule has 1 aliphatic heterocycles. The Kier molecular flexibility index (Phi) is 4.49. The number of nitrogen functional groups attached to an aromatic ring is 1. The summed E-state index contributed by atoms with van der Waals surface area (Å²) in [7, 11) is 0. The highest BCUT2D eigenvalue weighted by Gasteiger charge is 2.40. The van der Waals surface area contributed by atoms with Gasteiger partial charge in [-0.2, -0.15) is 0 Å². The van der Waals surface area contributed by atoms with Crippen LogP contribution in [0.2, 0.25) is 5.02 Å². The Bertz CT molecular complexity index is 453. The van der Waals surface area contributed by atoms with Gasteiger partial charge in [-0.1, -0.05) is 36.9 Å². The van der Waals surface area contributed by atoms with Gasteiger partial charge in [0.2, 0.25) is 0 Å². The second kappa shape index (κ2) is 6.17. The van der Waals surface area contributed by atoms with E-state index < -0.39 is 0 Å². The number of nitrogens with two attached hydrogens (primary N) is 1. The number of benzene rings is 1. The molecule has 3 rings (SSSR count). The summed E-state index contributed by atoms with van der Waals surface area (Å²) in [5.41, 5.74) is 6.97. The molecular formula is C16H22ClNOS. The molecule has 2 aliphatic rings. The Hall–Kier alpha value is -0.380. The fourth-order valence-corrected chi connectivity index (χ4v) is 4.80. The van der Waals surface area contributed by atoms with Gasteiger partial charge in [0.15, 0.2) is 0 Å². The smallest absolute Gasteiger partial charge is 0.0687 e. The van der Waals surface area contributed by atoms with Crippen LogP contribution in [-0.4, -0.2) is 17.5 Å². The maximum atomic E-state index is 6.39. The first kappa shape index (κ1) is 14.6. The predicted octanol–water partition coefficient (Wildman–Crippen LogP) is 4.90. The van der Waals surface area contributed by atoms with E-state index in [1.165, 1.54) is 44.9 Å². The molecule has 1 heterocycles. The molecule has 2 nitrogen and oxygen atoms in total. The highest BCUT2D eigenvalue weighted by molar-refractivity contribution is 7.99. The average Bonchev–Trinajstić information content (AvgIpc) is 2.82. The molecular weight excluding hydrogens is 290 g/mol. The molecule has 4 heteroatoms. The lowest BCUT2D eigenvalue weighted by Crippen LogP contribution is -2.32. The molecule has 20 heavy (non-hydrogen) atoms. The third kappa shape index (κ3) is 3.10. The molecule has 1 atom stereocenters.